The number of hydrogen-bond acceptors (Lipinski definition) is 5. The molecule has 0 N–H and O–H groups in total. The molecule has 1 aromatic carbocycles. The number of fused-ring (bicyclic) bond motifs is 1. The van der Waals surface area contributed by atoms with Gasteiger partial charge in [0, 0.05) is 43.1 Å². The van der Waals surface area contributed by atoms with Crippen molar-refractivity contribution in [2.45, 2.75) is 13.8 Å². The van der Waals surface area contributed by atoms with E-state index in [4.69, 9.17) is 0 Å². The molecule has 0 unspecified atom stereocenters. The van der Waals surface area contributed by atoms with Crippen LogP contribution in [0.4, 0.5) is 0 Å². The van der Waals surface area contributed by atoms with E-state index in [0.29, 0.717) is 37.5 Å². The van der Waals surface area contributed by atoms with Crippen LogP contribution in [0.15, 0.2) is 36.4 Å². The number of amides is 2. The molecule has 1 fully saturated rings. The van der Waals surface area contributed by atoms with Gasteiger partial charge in [-0.25, -0.2) is 9.50 Å². The number of hydrogen-bond donors (Lipinski definition) is 0. The zero-order valence-corrected chi connectivity index (χ0v) is 15.3. The molecule has 0 spiro atoms. The fraction of sp³-hybridized carbons (Fsp3) is 0.316. The van der Waals surface area contributed by atoms with Crippen LogP contribution in [0.5, 0.6) is 0 Å². The second-order valence-corrected chi connectivity index (χ2v) is 6.64. The largest absolute Gasteiger partial charge is 0.335 e. The first-order chi connectivity index (χ1) is 13.0. The second-order valence-electron chi connectivity index (χ2n) is 6.64. The van der Waals surface area contributed by atoms with Gasteiger partial charge in [-0.1, -0.05) is 18.2 Å². The summed E-state index contributed by atoms with van der Waals surface area (Å²) in [6.07, 6.45) is 0. The smallest absolute Gasteiger partial charge is 0.293 e. The molecule has 4 rings (SSSR count). The molecule has 1 aliphatic rings. The molecule has 1 saturated heterocycles. The van der Waals surface area contributed by atoms with E-state index in [1.165, 1.54) is 0 Å². The highest BCUT2D eigenvalue weighted by molar-refractivity contribution is 5.95. The molecule has 27 heavy (non-hydrogen) atoms. The maximum atomic E-state index is 12.8. The summed E-state index contributed by atoms with van der Waals surface area (Å²) in [7, 11) is 0. The first-order valence-corrected chi connectivity index (χ1v) is 8.87. The highest BCUT2D eigenvalue weighted by Gasteiger charge is 2.27. The minimum Gasteiger partial charge on any atom is -0.335 e. The van der Waals surface area contributed by atoms with Crippen LogP contribution < -0.4 is 0 Å². The Morgan fingerprint density at radius 3 is 2.19 bits per heavy atom. The molecule has 2 aromatic heterocycles. The molecule has 2 amide bonds. The third-order valence-corrected chi connectivity index (χ3v) is 4.68. The molecule has 8 nitrogen and oxygen atoms in total. The number of nitrogens with zero attached hydrogens (tertiary/aromatic N) is 6. The number of benzene rings is 1. The number of aryl methyl sites for hydroxylation is 2. The van der Waals surface area contributed by atoms with E-state index < -0.39 is 0 Å². The van der Waals surface area contributed by atoms with Crippen molar-refractivity contribution in [1.29, 1.82) is 0 Å². The monoisotopic (exact) mass is 364 g/mol. The zero-order valence-electron chi connectivity index (χ0n) is 15.3. The Morgan fingerprint density at radius 1 is 0.889 bits per heavy atom. The highest BCUT2D eigenvalue weighted by Crippen LogP contribution is 2.12. The normalized spacial score (nSPS) is 14.6. The fourth-order valence-corrected chi connectivity index (χ4v) is 3.27. The van der Waals surface area contributed by atoms with Gasteiger partial charge in [-0.2, -0.15) is 4.98 Å². The SMILES string of the molecule is Cc1cc(C)n2nc(C(=O)N3CCN(C(=O)c4ccccc4)CC3)nc2n1. The van der Waals surface area contributed by atoms with Crippen LogP contribution in [0.3, 0.4) is 0 Å². The van der Waals surface area contributed by atoms with Crippen molar-refractivity contribution < 1.29 is 9.59 Å². The predicted octanol–water partition coefficient (Wildman–Crippen LogP) is 1.34. The van der Waals surface area contributed by atoms with Crippen molar-refractivity contribution in [2.24, 2.45) is 0 Å². The number of piperazine rings is 1. The summed E-state index contributed by atoms with van der Waals surface area (Å²) in [6, 6.07) is 11.1. The maximum absolute atomic E-state index is 12.8. The lowest BCUT2D eigenvalue weighted by Gasteiger charge is -2.34. The number of rotatable bonds is 2. The van der Waals surface area contributed by atoms with Crippen molar-refractivity contribution in [2.75, 3.05) is 26.2 Å². The van der Waals surface area contributed by atoms with E-state index in [1.54, 1.807) is 26.4 Å². The molecule has 0 radical (unpaired) electrons. The van der Waals surface area contributed by atoms with Crippen LogP contribution in [0.25, 0.3) is 5.78 Å². The quantitative estimate of drug-likeness (QED) is 0.685. The lowest BCUT2D eigenvalue weighted by atomic mass is 10.2. The molecule has 0 aliphatic carbocycles. The van der Waals surface area contributed by atoms with Crippen molar-refractivity contribution in [3.63, 3.8) is 0 Å². The van der Waals surface area contributed by atoms with E-state index in [0.717, 1.165) is 11.4 Å². The van der Waals surface area contributed by atoms with Gasteiger partial charge in [-0.3, -0.25) is 9.59 Å². The summed E-state index contributed by atoms with van der Waals surface area (Å²) in [4.78, 5) is 37.3. The van der Waals surface area contributed by atoms with Crippen molar-refractivity contribution in [1.82, 2.24) is 29.4 Å². The molecule has 0 atom stereocenters. The van der Waals surface area contributed by atoms with E-state index >= 15 is 0 Å². The average Bonchev–Trinajstić information content (AvgIpc) is 3.12. The summed E-state index contributed by atoms with van der Waals surface area (Å²) < 4.78 is 1.58. The summed E-state index contributed by atoms with van der Waals surface area (Å²) in [5.41, 5.74) is 2.37. The molecule has 0 saturated carbocycles. The Balaban J connectivity index is 1.46. The van der Waals surface area contributed by atoms with Gasteiger partial charge in [-0.15, -0.1) is 5.10 Å². The summed E-state index contributed by atoms with van der Waals surface area (Å²) in [6.45, 7) is 5.67. The standard InChI is InChI=1S/C19H20N6O2/c1-13-12-14(2)25-19(20-13)21-16(22-25)18(27)24-10-8-23(9-11-24)17(26)15-6-4-3-5-7-15/h3-7,12H,8-11H2,1-2H3. The van der Waals surface area contributed by atoms with Crippen LogP contribution in [0, 0.1) is 13.8 Å². The Hall–Kier alpha value is -3.29. The van der Waals surface area contributed by atoms with Crippen LogP contribution in [0.2, 0.25) is 0 Å². The first kappa shape index (κ1) is 17.1. The lowest BCUT2D eigenvalue weighted by Crippen LogP contribution is -2.50. The Kier molecular flexibility index (Phi) is 4.31. The Morgan fingerprint density at radius 2 is 1.52 bits per heavy atom. The van der Waals surface area contributed by atoms with Crippen LogP contribution in [-0.4, -0.2) is 67.4 Å². The number of carbonyl (C=O) groups is 2. The van der Waals surface area contributed by atoms with Gasteiger partial charge >= 0.3 is 0 Å². The molecule has 1 aliphatic heterocycles. The number of carbonyl (C=O) groups excluding carboxylic acids is 2. The van der Waals surface area contributed by atoms with Gasteiger partial charge in [0.1, 0.15) is 0 Å². The number of aromatic nitrogens is 4. The third-order valence-electron chi connectivity index (χ3n) is 4.68. The predicted molar refractivity (Wildman–Crippen MR) is 98.5 cm³/mol. The molecular formula is C19H20N6O2. The highest BCUT2D eigenvalue weighted by atomic mass is 16.2. The topological polar surface area (TPSA) is 83.7 Å². The average molecular weight is 364 g/mol. The van der Waals surface area contributed by atoms with Crippen LogP contribution in [0.1, 0.15) is 32.4 Å². The molecule has 0 bridgehead atoms. The van der Waals surface area contributed by atoms with Gasteiger partial charge in [0.15, 0.2) is 0 Å². The molecule has 3 aromatic rings. The van der Waals surface area contributed by atoms with Crippen molar-refractivity contribution in [3.05, 3.63) is 59.2 Å². The van der Waals surface area contributed by atoms with Crippen molar-refractivity contribution >= 4 is 17.6 Å². The molecule has 138 valence electrons. The minimum absolute atomic E-state index is 0.0103. The molecule has 8 heteroatoms. The maximum Gasteiger partial charge on any atom is 0.293 e. The third kappa shape index (κ3) is 3.25. The van der Waals surface area contributed by atoms with Gasteiger partial charge < -0.3 is 9.80 Å². The van der Waals surface area contributed by atoms with Gasteiger partial charge in [0.05, 0.1) is 0 Å². The van der Waals surface area contributed by atoms with E-state index in [9.17, 15) is 9.59 Å². The summed E-state index contributed by atoms with van der Waals surface area (Å²) >= 11 is 0. The molecule has 3 heterocycles. The first-order valence-electron chi connectivity index (χ1n) is 8.87. The van der Waals surface area contributed by atoms with Crippen molar-refractivity contribution in [3.8, 4) is 0 Å². The van der Waals surface area contributed by atoms with Gasteiger partial charge in [0.25, 0.3) is 17.6 Å². The minimum atomic E-state index is -0.232. The Labute approximate surface area is 156 Å². The lowest BCUT2D eigenvalue weighted by molar-refractivity contribution is 0.0529. The second kappa shape index (κ2) is 6.79. The van der Waals surface area contributed by atoms with Crippen LogP contribution in [-0.2, 0) is 0 Å². The Bertz CT molecular complexity index is 1010. The van der Waals surface area contributed by atoms with Crippen LogP contribution >= 0.6 is 0 Å². The fourth-order valence-electron chi connectivity index (χ4n) is 3.27. The van der Waals surface area contributed by atoms with Gasteiger partial charge in [0.2, 0.25) is 5.82 Å². The van der Waals surface area contributed by atoms with E-state index in [2.05, 4.69) is 15.1 Å². The summed E-state index contributed by atoms with van der Waals surface area (Å²) in [5.74, 6) is 0.320. The molecular weight excluding hydrogens is 344 g/mol. The summed E-state index contributed by atoms with van der Waals surface area (Å²) in [5, 5.41) is 4.30. The zero-order chi connectivity index (χ0) is 19.0. The van der Waals surface area contributed by atoms with E-state index in [-0.39, 0.29) is 17.6 Å². The van der Waals surface area contributed by atoms with E-state index in [1.807, 2.05) is 38.1 Å². The van der Waals surface area contributed by atoms with Gasteiger partial charge in [-0.05, 0) is 32.0 Å².